The van der Waals surface area contributed by atoms with Gasteiger partial charge in [-0.15, -0.1) is 0 Å². The molecule has 0 aromatic rings. The van der Waals surface area contributed by atoms with Crippen molar-refractivity contribution >= 4 is 10.1 Å². The molecule has 1 aliphatic rings. The van der Waals surface area contributed by atoms with Crippen LogP contribution in [0.25, 0.3) is 0 Å². The highest BCUT2D eigenvalue weighted by atomic mass is 32.2. The Bertz CT molecular complexity index is 313. The van der Waals surface area contributed by atoms with E-state index in [0.29, 0.717) is 12.6 Å². The standard InChI is InChI=1S/C10H22N2O4S.CH4/c1-11-4-2-10(3-5-11)12(6-8-13)7-9-17(14,15)16;/h10,13H,2-9H2,1H3,(H,14,15,16);1H4. The maximum absolute atomic E-state index is 10.7. The van der Waals surface area contributed by atoms with E-state index in [-0.39, 0.29) is 26.3 Å². The van der Waals surface area contributed by atoms with E-state index in [0.717, 1.165) is 25.9 Å². The molecular formula is C11H26N2O4S. The molecule has 18 heavy (non-hydrogen) atoms. The van der Waals surface area contributed by atoms with Crippen molar-refractivity contribution in [1.82, 2.24) is 9.80 Å². The zero-order valence-corrected chi connectivity index (χ0v) is 11.1. The van der Waals surface area contributed by atoms with Crippen LogP contribution in [0, 0.1) is 0 Å². The minimum Gasteiger partial charge on any atom is -0.395 e. The van der Waals surface area contributed by atoms with Crippen LogP contribution in [0.3, 0.4) is 0 Å². The molecule has 1 aliphatic heterocycles. The molecule has 1 rings (SSSR count). The topological polar surface area (TPSA) is 81.1 Å². The molecule has 0 saturated carbocycles. The molecule has 6 nitrogen and oxygen atoms in total. The second kappa shape index (κ2) is 8.06. The van der Waals surface area contributed by atoms with E-state index in [1.807, 2.05) is 4.90 Å². The fourth-order valence-corrected chi connectivity index (χ4v) is 2.66. The molecule has 2 N–H and O–H groups in total. The lowest BCUT2D eigenvalue weighted by Crippen LogP contribution is -2.46. The van der Waals surface area contributed by atoms with Gasteiger partial charge in [-0.05, 0) is 33.0 Å². The summed E-state index contributed by atoms with van der Waals surface area (Å²) in [7, 11) is -1.86. The van der Waals surface area contributed by atoms with E-state index in [9.17, 15) is 8.42 Å². The highest BCUT2D eigenvalue weighted by Crippen LogP contribution is 2.15. The van der Waals surface area contributed by atoms with Crippen molar-refractivity contribution in [3.8, 4) is 0 Å². The first-order chi connectivity index (χ1) is 7.92. The number of nitrogens with zero attached hydrogens (tertiary/aromatic N) is 2. The molecule has 0 aromatic carbocycles. The second-order valence-corrected chi connectivity index (χ2v) is 6.15. The lowest BCUT2D eigenvalue weighted by Gasteiger charge is -2.36. The number of aliphatic hydroxyl groups is 1. The van der Waals surface area contributed by atoms with E-state index in [1.54, 1.807) is 0 Å². The van der Waals surface area contributed by atoms with Gasteiger partial charge >= 0.3 is 0 Å². The van der Waals surface area contributed by atoms with E-state index in [4.69, 9.17) is 9.66 Å². The molecule has 7 heteroatoms. The van der Waals surface area contributed by atoms with Gasteiger partial charge in [0.05, 0.1) is 12.4 Å². The first-order valence-electron chi connectivity index (χ1n) is 5.91. The van der Waals surface area contributed by atoms with Crippen LogP contribution in [0.1, 0.15) is 20.3 Å². The third kappa shape index (κ3) is 6.65. The number of hydrogen-bond acceptors (Lipinski definition) is 5. The van der Waals surface area contributed by atoms with Crippen molar-refractivity contribution in [2.75, 3.05) is 45.6 Å². The monoisotopic (exact) mass is 282 g/mol. The summed E-state index contributed by atoms with van der Waals surface area (Å²) in [6.45, 7) is 2.73. The molecular weight excluding hydrogens is 256 g/mol. The molecule has 0 unspecified atom stereocenters. The van der Waals surface area contributed by atoms with Crippen molar-refractivity contribution in [3.05, 3.63) is 0 Å². The van der Waals surface area contributed by atoms with Crippen molar-refractivity contribution in [1.29, 1.82) is 0 Å². The molecule has 1 heterocycles. The van der Waals surface area contributed by atoms with E-state index in [1.165, 1.54) is 0 Å². The van der Waals surface area contributed by atoms with Crippen LogP contribution in [-0.4, -0.2) is 79.5 Å². The average molecular weight is 282 g/mol. The van der Waals surface area contributed by atoms with E-state index in [2.05, 4.69) is 11.9 Å². The van der Waals surface area contributed by atoms with Crippen LogP contribution in [-0.2, 0) is 10.1 Å². The molecule has 0 radical (unpaired) electrons. The molecule has 1 fully saturated rings. The minimum absolute atomic E-state index is 0. The largest absolute Gasteiger partial charge is 0.395 e. The molecule has 0 aromatic heterocycles. The Morgan fingerprint density at radius 2 is 1.83 bits per heavy atom. The second-order valence-electron chi connectivity index (χ2n) is 4.58. The van der Waals surface area contributed by atoms with Gasteiger partial charge in [0.25, 0.3) is 10.1 Å². The maximum Gasteiger partial charge on any atom is 0.266 e. The molecule has 110 valence electrons. The van der Waals surface area contributed by atoms with Gasteiger partial charge in [-0.1, -0.05) is 7.43 Å². The quantitative estimate of drug-likeness (QED) is 0.662. The van der Waals surface area contributed by atoms with Crippen LogP contribution in [0.4, 0.5) is 0 Å². The Hall–Kier alpha value is -0.210. The summed E-state index contributed by atoms with van der Waals surface area (Å²) in [6.07, 6.45) is 1.95. The highest BCUT2D eigenvalue weighted by molar-refractivity contribution is 7.85. The first kappa shape index (κ1) is 17.8. The van der Waals surface area contributed by atoms with Crippen LogP contribution < -0.4 is 0 Å². The Morgan fingerprint density at radius 3 is 2.28 bits per heavy atom. The lowest BCUT2D eigenvalue weighted by molar-refractivity contribution is 0.105. The summed E-state index contributed by atoms with van der Waals surface area (Å²) in [5.74, 6) is -0.265. The molecule has 0 bridgehead atoms. The fraction of sp³-hybridized carbons (Fsp3) is 1.00. The summed E-state index contributed by atoms with van der Waals surface area (Å²) < 4.78 is 30.2. The number of piperidine rings is 1. The van der Waals surface area contributed by atoms with Crippen molar-refractivity contribution < 1.29 is 18.1 Å². The summed E-state index contributed by atoms with van der Waals surface area (Å²) in [4.78, 5) is 4.19. The molecule has 0 spiro atoms. The summed E-state index contributed by atoms with van der Waals surface area (Å²) in [5.41, 5.74) is 0. The summed E-state index contributed by atoms with van der Waals surface area (Å²) in [5, 5.41) is 8.98. The Morgan fingerprint density at radius 1 is 1.28 bits per heavy atom. The number of aliphatic hydroxyl groups excluding tert-OH is 1. The van der Waals surface area contributed by atoms with Gasteiger partial charge in [0.1, 0.15) is 0 Å². The molecule has 0 aliphatic carbocycles. The lowest BCUT2D eigenvalue weighted by atomic mass is 10.0. The normalized spacial score (nSPS) is 18.9. The smallest absolute Gasteiger partial charge is 0.266 e. The van der Waals surface area contributed by atoms with Crippen LogP contribution >= 0.6 is 0 Å². The van der Waals surface area contributed by atoms with Crippen molar-refractivity contribution in [3.63, 3.8) is 0 Å². The molecule has 0 atom stereocenters. The van der Waals surface area contributed by atoms with Crippen molar-refractivity contribution in [2.45, 2.75) is 26.3 Å². The fourth-order valence-electron chi connectivity index (χ4n) is 2.20. The number of likely N-dealkylation sites (tertiary alicyclic amines) is 1. The van der Waals surface area contributed by atoms with Gasteiger partial charge in [-0.2, -0.15) is 8.42 Å². The predicted molar refractivity (Wildman–Crippen MR) is 72.3 cm³/mol. The van der Waals surface area contributed by atoms with Gasteiger partial charge in [-0.3, -0.25) is 9.45 Å². The zero-order chi connectivity index (χ0) is 12.9. The first-order valence-corrected chi connectivity index (χ1v) is 7.52. The van der Waals surface area contributed by atoms with Gasteiger partial charge in [-0.25, -0.2) is 0 Å². The van der Waals surface area contributed by atoms with E-state index >= 15 is 0 Å². The zero-order valence-electron chi connectivity index (χ0n) is 10.2. The van der Waals surface area contributed by atoms with Crippen LogP contribution in [0.5, 0.6) is 0 Å². The third-order valence-electron chi connectivity index (χ3n) is 3.23. The Kier molecular flexibility index (Phi) is 7.97. The molecule has 0 amide bonds. The summed E-state index contributed by atoms with van der Waals surface area (Å²) >= 11 is 0. The number of rotatable bonds is 6. The summed E-state index contributed by atoms with van der Waals surface area (Å²) in [6, 6.07) is 0.306. The highest BCUT2D eigenvalue weighted by Gasteiger charge is 2.23. The van der Waals surface area contributed by atoms with Gasteiger partial charge in [0.2, 0.25) is 0 Å². The maximum atomic E-state index is 10.7. The SMILES string of the molecule is C.CN1CCC(N(CCO)CCS(=O)(=O)O)CC1. The average Bonchev–Trinajstić information content (AvgIpc) is 2.24. The third-order valence-corrected chi connectivity index (χ3v) is 3.93. The number of hydrogen-bond donors (Lipinski definition) is 2. The minimum atomic E-state index is -3.92. The van der Waals surface area contributed by atoms with Crippen LogP contribution in [0.2, 0.25) is 0 Å². The van der Waals surface area contributed by atoms with Gasteiger partial charge < -0.3 is 10.0 Å². The van der Waals surface area contributed by atoms with E-state index < -0.39 is 10.1 Å². The van der Waals surface area contributed by atoms with Crippen molar-refractivity contribution in [2.24, 2.45) is 0 Å². The molecule has 1 saturated heterocycles. The Labute approximate surface area is 110 Å². The van der Waals surface area contributed by atoms with Gasteiger partial charge in [0, 0.05) is 19.1 Å². The Balaban J connectivity index is 0.00000289. The van der Waals surface area contributed by atoms with Gasteiger partial charge in [0.15, 0.2) is 0 Å². The van der Waals surface area contributed by atoms with Crippen LogP contribution in [0.15, 0.2) is 0 Å². The predicted octanol–water partition coefficient (Wildman–Crippen LogP) is -0.101.